The van der Waals surface area contributed by atoms with Crippen molar-refractivity contribution in [2.45, 2.75) is 37.0 Å². The van der Waals surface area contributed by atoms with Gasteiger partial charge in [0.25, 0.3) is 0 Å². The molecule has 0 bridgehead atoms. The van der Waals surface area contributed by atoms with E-state index in [1.165, 1.54) is 6.07 Å². The summed E-state index contributed by atoms with van der Waals surface area (Å²) in [6.45, 7) is 2.96. The van der Waals surface area contributed by atoms with Crippen molar-refractivity contribution in [2.75, 3.05) is 13.1 Å². The molecule has 0 N–H and O–H groups in total. The molecule has 0 amide bonds. The summed E-state index contributed by atoms with van der Waals surface area (Å²) in [5, 5.41) is 0.414. The maximum Gasteiger partial charge on any atom is 0.243 e. The summed E-state index contributed by atoms with van der Waals surface area (Å²) in [5.41, 5.74) is 1.47. The normalized spacial score (nSPS) is 17.6. The molecule has 19 heavy (non-hydrogen) atoms. The molecule has 0 spiro atoms. The smallest absolute Gasteiger partial charge is 0.207 e. The number of benzene rings is 1. The van der Waals surface area contributed by atoms with Gasteiger partial charge in [0.15, 0.2) is 0 Å². The van der Waals surface area contributed by atoms with E-state index in [-0.39, 0.29) is 10.8 Å². The second kappa shape index (κ2) is 6.00. The van der Waals surface area contributed by atoms with Crippen LogP contribution in [0.2, 0.25) is 5.02 Å². The molecule has 1 aliphatic rings. The first-order chi connectivity index (χ1) is 8.96. The van der Waals surface area contributed by atoms with Gasteiger partial charge in [-0.1, -0.05) is 18.0 Å². The fourth-order valence-corrected chi connectivity index (χ4v) is 4.75. The number of rotatable bonds is 3. The third-order valence-corrected chi connectivity index (χ3v) is 6.04. The molecule has 6 heteroatoms. The number of piperidine rings is 1. The molecule has 0 aromatic heterocycles. The van der Waals surface area contributed by atoms with Crippen LogP contribution >= 0.6 is 23.2 Å². The Bertz CT molecular complexity index is 566. The van der Waals surface area contributed by atoms with Crippen LogP contribution in [-0.4, -0.2) is 25.8 Å². The van der Waals surface area contributed by atoms with E-state index in [1.54, 1.807) is 17.3 Å². The van der Waals surface area contributed by atoms with E-state index in [4.69, 9.17) is 23.2 Å². The Balaban J connectivity index is 2.47. The molecule has 0 saturated carbocycles. The van der Waals surface area contributed by atoms with Gasteiger partial charge in [-0.15, -0.1) is 11.6 Å². The van der Waals surface area contributed by atoms with Gasteiger partial charge in [0.1, 0.15) is 0 Å². The number of hydrogen-bond donors (Lipinski definition) is 0. The summed E-state index contributed by atoms with van der Waals surface area (Å²) < 4.78 is 26.9. The highest BCUT2D eigenvalue weighted by molar-refractivity contribution is 7.89. The van der Waals surface area contributed by atoms with Gasteiger partial charge in [-0.2, -0.15) is 4.31 Å². The van der Waals surface area contributed by atoms with E-state index in [9.17, 15) is 8.42 Å². The molecule has 3 nitrogen and oxygen atoms in total. The maximum atomic E-state index is 12.7. The Labute approximate surface area is 124 Å². The van der Waals surface area contributed by atoms with Crippen LogP contribution < -0.4 is 0 Å². The van der Waals surface area contributed by atoms with Crippen LogP contribution in [0.15, 0.2) is 17.0 Å². The Morgan fingerprint density at radius 3 is 2.42 bits per heavy atom. The largest absolute Gasteiger partial charge is 0.243 e. The van der Waals surface area contributed by atoms with Gasteiger partial charge in [0, 0.05) is 24.0 Å². The first-order valence-electron chi connectivity index (χ1n) is 6.32. The minimum absolute atomic E-state index is 0.259. The number of nitrogens with zero attached hydrogens (tertiary/aromatic N) is 1. The van der Waals surface area contributed by atoms with Crippen LogP contribution in [0, 0.1) is 6.92 Å². The lowest BCUT2D eigenvalue weighted by molar-refractivity contribution is 0.346. The van der Waals surface area contributed by atoms with Gasteiger partial charge < -0.3 is 0 Å². The van der Waals surface area contributed by atoms with Gasteiger partial charge in [0.2, 0.25) is 10.0 Å². The van der Waals surface area contributed by atoms with E-state index in [0.29, 0.717) is 23.7 Å². The average molecular weight is 322 g/mol. The second-order valence-electron chi connectivity index (χ2n) is 4.79. The average Bonchev–Trinajstić information content (AvgIpc) is 2.41. The number of hydrogen-bond acceptors (Lipinski definition) is 2. The Kier molecular flexibility index (Phi) is 4.77. The standard InChI is InChI=1S/C13H17Cl2NO2S/c1-10-11(9-14)7-12(15)8-13(10)19(17,18)16-5-3-2-4-6-16/h7-8H,2-6,9H2,1H3. The topological polar surface area (TPSA) is 37.4 Å². The fourth-order valence-electron chi connectivity index (χ4n) is 2.36. The lowest BCUT2D eigenvalue weighted by atomic mass is 10.1. The predicted octanol–water partition coefficient (Wildman–Crippen LogP) is 3.56. The molecular weight excluding hydrogens is 305 g/mol. The van der Waals surface area contributed by atoms with Gasteiger partial charge in [-0.3, -0.25) is 0 Å². The molecule has 106 valence electrons. The lowest BCUT2D eigenvalue weighted by Crippen LogP contribution is -2.36. The fraction of sp³-hybridized carbons (Fsp3) is 0.538. The summed E-state index contributed by atoms with van der Waals surface area (Å²) in [4.78, 5) is 0.289. The third-order valence-electron chi connectivity index (χ3n) is 3.51. The van der Waals surface area contributed by atoms with Crippen molar-refractivity contribution in [3.05, 3.63) is 28.3 Å². The minimum Gasteiger partial charge on any atom is -0.207 e. The summed E-state index contributed by atoms with van der Waals surface area (Å²) in [7, 11) is -3.46. The zero-order chi connectivity index (χ0) is 14.0. The Morgan fingerprint density at radius 2 is 1.84 bits per heavy atom. The van der Waals surface area contributed by atoms with Crippen molar-refractivity contribution in [1.29, 1.82) is 0 Å². The van der Waals surface area contributed by atoms with E-state index in [1.807, 2.05) is 0 Å². The third kappa shape index (κ3) is 3.07. The number of alkyl halides is 1. The molecular formula is C13H17Cl2NO2S. The summed E-state index contributed by atoms with van der Waals surface area (Å²) in [6, 6.07) is 3.25. The van der Waals surface area contributed by atoms with Crippen molar-refractivity contribution >= 4 is 33.2 Å². The molecule has 1 saturated heterocycles. The van der Waals surface area contributed by atoms with E-state index in [0.717, 1.165) is 24.8 Å². The van der Waals surface area contributed by atoms with Crippen molar-refractivity contribution in [3.63, 3.8) is 0 Å². The van der Waals surface area contributed by atoms with Gasteiger partial charge in [0.05, 0.1) is 4.90 Å². The molecule has 1 fully saturated rings. The first kappa shape index (κ1) is 15.1. The van der Waals surface area contributed by atoms with Gasteiger partial charge >= 0.3 is 0 Å². The molecule has 0 atom stereocenters. The van der Waals surface area contributed by atoms with Crippen molar-refractivity contribution in [1.82, 2.24) is 4.31 Å². The number of sulfonamides is 1. The quantitative estimate of drug-likeness (QED) is 0.798. The zero-order valence-corrected chi connectivity index (χ0v) is 13.2. The van der Waals surface area contributed by atoms with Crippen LogP contribution in [0.4, 0.5) is 0 Å². The molecule has 0 aliphatic carbocycles. The Morgan fingerprint density at radius 1 is 1.21 bits per heavy atom. The van der Waals surface area contributed by atoms with E-state index in [2.05, 4.69) is 0 Å². The molecule has 0 radical (unpaired) electrons. The van der Waals surface area contributed by atoms with Crippen molar-refractivity contribution in [3.8, 4) is 0 Å². The molecule has 1 aliphatic heterocycles. The van der Waals surface area contributed by atoms with Crippen molar-refractivity contribution in [2.24, 2.45) is 0 Å². The maximum absolute atomic E-state index is 12.7. The molecule has 2 rings (SSSR count). The van der Waals surface area contributed by atoms with Crippen LogP contribution in [0.1, 0.15) is 30.4 Å². The molecule has 0 unspecified atom stereocenters. The molecule has 1 aromatic rings. The summed E-state index contributed by atoms with van der Waals surface area (Å²) in [6.07, 6.45) is 2.93. The highest BCUT2D eigenvalue weighted by atomic mass is 35.5. The molecule has 1 aromatic carbocycles. The van der Waals surface area contributed by atoms with Crippen LogP contribution in [0.25, 0.3) is 0 Å². The van der Waals surface area contributed by atoms with Crippen LogP contribution in [0.5, 0.6) is 0 Å². The summed E-state index contributed by atoms with van der Waals surface area (Å²) in [5.74, 6) is 0.259. The van der Waals surface area contributed by atoms with Gasteiger partial charge in [-0.25, -0.2) is 8.42 Å². The van der Waals surface area contributed by atoms with Crippen LogP contribution in [0.3, 0.4) is 0 Å². The highest BCUT2D eigenvalue weighted by Crippen LogP contribution is 2.29. The van der Waals surface area contributed by atoms with Crippen molar-refractivity contribution < 1.29 is 8.42 Å². The van der Waals surface area contributed by atoms with Crippen LogP contribution in [-0.2, 0) is 15.9 Å². The zero-order valence-electron chi connectivity index (χ0n) is 10.8. The number of halogens is 2. The minimum atomic E-state index is -3.46. The summed E-state index contributed by atoms with van der Waals surface area (Å²) >= 11 is 11.8. The van der Waals surface area contributed by atoms with E-state index >= 15 is 0 Å². The second-order valence-corrected chi connectivity index (χ2v) is 7.40. The lowest BCUT2D eigenvalue weighted by Gasteiger charge is -2.27. The predicted molar refractivity (Wildman–Crippen MR) is 78.4 cm³/mol. The SMILES string of the molecule is Cc1c(CCl)cc(Cl)cc1S(=O)(=O)N1CCCCC1. The molecule has 1 heterocycles. The van der Waals surface area contributed by atoms with Gasteiger partial charge in [-0.05, 0) is 43.0 Å². The van der Waals surface area contributed by atoms with E-state index < -0.39 is 10.0 Å². The first-order valence-corrected chi connectivity index (χ1v) is 8.67. The Hall–Kier alpha value is -0.290. The monoisotopic (exact) mass is 321 g/mol. The highest BCUT2D eigenvalue weighted by Gasteiger charge is 2.28.